The Morgan fingerprint density at radius 1 is 1.20 bits per heavy atom. The summed E-state index contributed by atoms with van der Waals surface area (Å²) in [7, 11) is 0. The molecule has 1 nitrogen and oxygen atoms in total. The quantitative estimate of drug-likeness (QED) is 0.800. The highest BCUT2D eigenvalue weighted by molar-refractivity contribution is 5.28. The van der Waals surface area contributed by atoms with Gasteiger partial charge in [0.15, 0.2) is 0 Å². The molecule has 0 heterocycles. The van der Waals surface area contributed by atoms with Gasteiger partial charge in [-0.15, -0.1) is 0 Å². The predicted octanol–water partition coefficient (Wildman–Crippen LogP) is 2.92. The molecule has 0 saturated heterocycles. The third-order valence-corrected chi connectivity index (χ3v) is 3.91. The van der Waals surface area contributed by atoms with Gasteiger partial charge in [-0.2, -0.15) is 0 Å². The first-order chi connectivity index (χ1) is 7.29. The van der Waals surface area contributed by atoms with Gasteiger partial charge in [0.05, 0.1) is 0 Å². The maximum atomic E-state index is 5.91. The minimum absolute atomic E-state index is 0.436. The van der Waals surface area contributed by atoms with Gasteiger partial charge in [-0.1, -0.05) is 37.6 Å². The van der Waals surface area contributed by atoms with Gasteiger partial charge in [-0.25, -0.2) is 0 Å². The van der Waals surface area contributed by atoms with Crippen LogP contribution in [0.2, 0.25) is 0 Å². The molecule has 1 fully saturated rings. The second kappa shape index (κ2) is 4.36. The van der Waals surface area contributed by atoms with Crippen LogP contribution in [0.1, 0.15) is 37.3 Å². The fourth-order valence-corrected chi connectivity index (χ4v) is 2.61. The lowest BCUT2D eigenvalue weighted by molar-refractivity contribution is 0.144. The van der Waals surface area contributed by atoms with Crippen molar-refractivity contribution in [3.05, 3.63) is 35.4 Å². The average molecular weight is 203 g/mol. The number of benzene rings is 1. The van der Waals surface area contributed by atoms with E-state index in [1.807, 2.05) is 0 Å². The molecule has 1 aliphatic carbocycles. The van der Waals surface area contributed by atoms with Crippen molar-refractivity contribution in [2.75, 3.05) is 6.54 Å². The average Bonchev–Trinajstić information content (AvgIpc) is 2.24. The molecule has 1 aromatic carbocycles. The standard InChI is InChI=1S/C14H21N/c1-2-12-6-3-4-7-13(12)10-14(11-15)8-5-9-14/h3-4,6-7H,2,5,8-11,15H2,1H3. The van der Waals surface area contributed by atoms with Gasteiger partial charge in [-0.05, 0) is 48.8 Å². The van der Waals surface area contributed by atoms with E-state index in [1.165, 1.54) is 36.8 Å². The van der Waals surface area contributed by atoms with Crippen LogP contribution in [-0.2, 0) is 12.8 Å². The Morgan fingerprint density at radius 3 is 2.33 bits per heavy atom. The monoisotopic (exact) mass is 203 g/mol. The molecule has 0 atom stereocenters. The van der Waals surface area contributed by atoms with Crippen molar-refractivity contribution < 1.29 is 0 Å². The smallest absolute Gasteiger partial charge is 0.00173 e. The van der Waals surface area contributed by atoms with Crippen molar-refractivity contribution >= 4 is 0 Å². The number of hydrogen-bond donors (Lipinski definition) is 1. The topological polar surface area (TPSA) is 26.0 Å². The minimum atomic E-state index is 0.436. The maximum absolute atomic E-state index is 5.91. The molecule has 2 N–H and O–H groups in total. The van der Waals surface area contributed by atoms with Crippen molar-refractivity contribution in [3.63, 3.8) is 0 Å². The van der Waals surface area contributed by atoms with E-state index in [0.29, 0.717) is 5.41 Å². The molecule has 0 radical (unpaired) electrons. The van der Waals surface area contributed by atoms with Crippen LogP contribution in [0, 0.1) is 5.41 Å². The maximum Gasteiger partial charge on any atom is -0.00173 e. The van der Waals surface area contributed by atoms with Gasteiger partial charge in [0, 0.05) is 0 Å². The van der Waals surface area contributed by atoms with Crippen LogP contribution in [0.25, 0.3) is 0 Å². The molecular formula is C14H21N. The van der Waals surface area contributed by atoms with Crippen LogP contribution in [0.15, 0.2) is 24.3 Å². The molecule has 0 amide bonds. The second-order valence-electron chi connectivity index (χ2n) is 4.86. The minimum Gasteiger partial charge on any atom is -0.330 e. The van der Waals surface area contributed by atoms with E-state index in [0.717, 1.165) is 13.0 Å². The zero-order valence-electron chi connectivity index (χ0n) is 9.63. The van der Waals surface area contributed by atoms with Gasteiger partial charge in [-0.3, -0.25) is 0 Å². The Bertz CT molecular complexity index is 320. The first-order valence-corrected chi connectivity index (χ1v) is 6.06. The van der Waals surface area contributed by atoms with Gasteiger partial charge >= 0.3 is 0 Å². The third-order valence-electron chi connectivity index (χ3n) is 3.91. The number of rotatable bonds is 4. The molecule has 0 aromatic heterocycles. The number of hydrogen-bond acceptors (Lipinski definition) is 1. The summed E-state index contributed by atoms with van der Waals surface area (Å²) in [6.45, 7) is 3.08. The summed E-state index contributed by atoms with van der Waals surface area (Å²) < 4.78 is 0. The molecule has 2 rings (SSSR count). The number of aryl methyl sites for hydroxylation is 1. The van der Waals surface area contributed by atoms with E-state index in [1.54, 1.807) is 0 Å². The summed E-state index contributed by atoms with van der Waals surface area (Å²) in [5.41, 5.74) is 9.36. The molecule has 0 spiro atoms. The van der Waals surface area contributed by atoms with E-state index in [9.17, 15) is 0 Å². The molecule has 0 aliphatic heterocycles. The van der Waals surface area contributed by atoms with Crippen molar-refractivity contribution in [3.8, 4) is 0 Å². The van der Waals surface area contributed by atoms with E-state index in [4.69, 9.17) is 5.73 Å². The fourth-order valence-electron chi connectivity index (χ4n) is 2.61. The molecule has 0 unspecified atom stereocenters. The zero-order valence-corrected chi connectivity index (χ0v) is 9.63. The van der Waals surface area contributed by atoms with Gasteiger partial charge in [0.1, 0.15) is 0 Å². The molecule has 1 aliphatic rings. The number of nitrogens with two attached hydrogens (primary N) is 1. The third kappa shape index (κ3) is 2.07. The molecule has 1 aromatic rings. The highest BCUT2D eigenvalue weighted by Gasteiger charge is 2.35. The summed E-state index contributed by atoms with van der Waals surface area (Å²) in [5.74, 6) is 0. The molecule has 0 bridgehead atoms. The molecular weight excluding hydrogens is 182 g/mol. The first kappa shape index (κ1) is 10.7. The van der Waals surface area contributed by atoms with Gasteiger partial charge < -0.3 is 5.73 Å². The highest BCUT2D eigenvalue weighted by atomic mass is 14.6. The summed E-state index contributed by atoms with van der Waals surface area (Å²) in [6, 6.07) is 8.81. The van der Waals surface area contributed by atoms with Crippen LogP contribution in [0.4, 0.5) is 0 Å². The summed E-state index contributed by atoms with van der Waals surface area (Å²) in [6.07, 6.45) is 6.33. The highest BCUT2D eigenvalue weighted by Crippen LogP contribution is 2.43. The summed E-state index contributed by atoms with van der Waals surface area (Å²) in [5, 5.41) is 0. The predicted molar refractivity (Wildman–Crippen MR) is 64.9 cm³/mol. The van der Waals surface area contributed by atoms with Crippen molar-refractivity contribution in [1.29, 1.82) is 0 Å². The van der Waals surface area contributed by atoms with Gasteiger partial charge in [0.2, 0.25) is 0 Å². The van der Waals surface area contributed by atoms with E-state index >= 15 is 0 Å². The lowest BCUT2D eigenvalue weighted by Gasteiger charge is -2.41. The van der Waals surface area contributed by atoms with Crippen LogP contribution in [0.5, 0.6) is 0 Å². The Balaban J connectivity index is 2.15. The molecule has 82 valence electrons. The molecule has 15 heavy (non-hydrogen) atoms. The Kier molecular flexibility index (Phi) is 3.11. The zero-order chi connectivity index (χ0) is 10.7. The van der Waals surface area contributed by atoms with Crippen LogP contribution < -0.4 is 5.73 Å². The van der Waals surface area contributed by atoms with E-state index in [-0.39, 0.29) is 0 Å². The van der Waals surface area contributed by atoms with Crippen LogP contribution in [-0.4, -0.2) is 6.54 Å². The SMILES string of the molecule is CCc1ccccc1CC1(CN)CCC1. The first-order valence-electron chi connectivity index (χ1n) is 6.06. The van der Waals surface area contributed by atoms with Gasteiger partial charge in [0.25, 0.3) is 0 Å². The summed E-state index contributed by atoms with van der Waals surface area (Å²) >= 11 is 0. The fraction of sp³-hybridized carbons (Fsp3) is 0.571. The van der Waals surface area contributed by atoms with Crippen LogP contribution in [0.3, 0.4) is 0 Å². The largest absolute Gasteiger partial charge is 0.330 e. The molecule has 1 saturated carbocycles. The van der Waals surface area contributed by atoms with Crippen molar-refractivity contribution in [2.24, 2.45) is 11.1 Å². The van der Waals surface area contributed by atoms with E-state index < -0.39 is 0 Å². The molecule has 1 heteroatoms. The lowest BCUT2D eigenvalue weighted by atomic mass is 9.65. The van der Waals surface area contributed by atoms with Crippen molar-refractivity contribution in [2.45, 2.75) is 39.0 Å². The summed E-state index contributed by atoms with van der Waals surface area (Å²) in [4.78, 5) is 0. The second-order valence-corrected chi connectivity index (χ2v) is 4.86. The van der Waals surface area contributed by atoms with Crippen LogP contribution >= 0.6 is 0 Å². The Hall–Kier alpha value is -0.820. The Labute approximate surface area is 92.7 Å². The normalized spacial score (nSPS) is 18.5. The Morgan fingerprint density at radius 2 is 1.87 bits per heavy atom. The van der Waals surface area contributed by atoms with Crippen molar-refractivity contribution in [1.82, 2.24) is 0 Å². The van der Waals surface area contributed by atoms with E-state index in [2.05, 4.69) is 31.2 Å². The lowest BCUT2D eigenvalue weighted by Crippen LogP contribution is -2.39.